The number of fused-ring (bicyclic) bond motifs is 1. The third-order valence-electron chi connectivity index (χ3n) is 3.98. The number of aryl methyl sites for hydroxylation is 3. The van der Waals surface area contributed by atoms with Crippen molar-refractivity contribution in [2.45, 2.75) is 24.5 Å². The lowest BCUT2D eigenvalue weighted by molar-refractivity contribution is -0.121. The summed E-state index contributed by atoms with van der Waals surface area (Å²) in [6.07, 6.45) is 6.17. The fraction of sp³-hybridized carbons (Fsp3) is 0.412. The van der Waals surface area contributed by atoms with E-state index in [9.17, 15) is 4.79 Å². The fourth-order valence-corrected chi connectivity index (χ4v) is 4.03. The molecular formula is C17H21N3OS. The van der Waals surface area contributed by atoms with Crippen molar-refractivity contribution in [3.8, 4) is 0 Å². The highest BCUT2D eigenvalue weighted by Gasteiger charge is 2.20. The summed E-state index contributed by atoms with van der Waals surface area (Å²) in [7, 11) is 1.89. The van der Waals surface area contributed by atoms with Crippen LogP contribution in [0, 0.1) is 0 Å². The highest BCUT2D eigenvalue weighted by molar-refractivity contribution is 7.99. The molecule has 0 fully saturated rings. The van der Waals surface area contributed by atoms with Crippen LogP contribution in [-0.4, -0.2) is 28.0 Å². The van der Waals surface area contributed by atoms with Gasteiger partial charge in [0.05, 0.1) is 6.20 Å². The summed E-state index contributed by atoms with van der Waals surface area (Å²) in [5.41, 5.74) is 3.91. The second kappa shape index (κ2) is 7.01. The normalized spacial score (nSPS) is 17.0. The fourth-order valence-electron chi connectivity index (χ4n) is 2.80. The lowest BCUT2D eigenvalue weighted by atomic mass is 10.0. The molecule has 1 aromatic carbocycles. The van der Waals surface area contributed by atoms with E-state index < -0.39 is 0 Å². The summed E-state index contributed by atoms with van der Waals surface area (Å²) in [5, 5.41) is 7.59. The topological polar surface area (TPSA) is 46.9 Å². The van der Waals surface area contributed by atoms with E-state index in [1.807, 2.05) is 31.2 Å². The van der Waals surface area contributed by atoms with Gasteiger partial charge in [-0.3, -0.25) is 9.48 Å². The highest BCUT2D eigenvalue weighted by atomic mass is 32.2. The SMILES string of the molecule is Cn1cc(CCC(=O)NCC2SCCc3ccccc32)cn1. The van der Waals surface area contributed by atoms with Crippen LogP contribution in [0.15, 0.2) is 36.7 Å². The Morgan fingerprint density at radius 1 is 1.45 bits per heavy atom. The molecule has 1 aliphatic heterocycles. The summed E-state index contributed by atoms with van der Waals surface area (Å²) >= 11 is 1.94. The van der Waals surface area contributed by atoms with Crippen molar-refractivity contribution in [1.82, 2.24) is 15.1 Å². The van der Waals surface area contributed by atoms with Crippen molar-refractivity contribution in [2.24, 2.45) is 7.05 Å². The molecule has 2 heterocycles. The van der Waals surface area contributed by atoms with Crippen LogP contribution >= 0.6 is 11.8 Å². The van der Waals surface area contributed by atoms with E-state index in [-0.39, 0.29) is 5.91 Å². The van der Waals surface area contributed by atoms with Gasteiger partial charge in [-0.2, -0.15) is 16.9 Å². The summed E-state index contributed by atoms with van der Waals surface area (Å²) < 4.78 is 1.77. The van der Waals surface area contributed by atoms with Crippen molar-refractivity contribution in [1.29, 1.82) is 0 Å². The number of nitrogens with zero attached hydrogens (tertiary/aromatic N) is 2. The monoisotopic (exact) mass is 315 g/mol. The third-order valence-corrected chi connectivity index (χ3v) is 5.24. The predicted octanol–water partition coefficient (Wildman–Crippen LogP) is 2.50. The number of carbonyl (C=O) groups is 1. The molecule has 5 heteroatoms. The van der Waals surface area contributed by atoms with Crippen LogP contribution in [0.5, 0.6) is 0 Å². The average Bonchev–Trinajstić information content (AvgIpc) is 2.96. The smallest absolute Gasteiger partial charge is 0.220 e. The maximum Gasteiger partial charge on any atom is 0.220 e. The highest BCUT2D eigenvalue weighted by Crippen LogP contribution is 2.35. The Bertz CT molecular complexity index is 653. The molecule has 0 aliphatic carbocycles. The standard InChI is InChI=1S/C17H21N3OS/c1-20-12-13(10-19-20)6-7-17(21)18-11-16-15-5-3-2-4-14(15)8-9-22-16/h2-5,10,12,16H,6-9,11H2,1H3,(H,18,21). The van der Waals surface area contributed by atoms with Crippen molar-refractivity contribution in [3.05, 3.63) is 53.3 Å². The van der Waals surface area contributed by atoms with Crippen LogP contribution in [0.25, 0.3) is 0 Å². The zero-order chi connectivity index (χ0) is 15.4. The van der Waals surface area contributed by atoms with Crippen LogP contribution in [0.4, 0.5) is 0 Å². The summed E-state index contributed by atoms with van der Waals surface area (Å²) in [6.45, 7) is 0.716. The molecule has 2 aromatic rings. The number of hydrogen-bond acceptors (Lipinski definition) is 3. The van der Waals surface area contributed by atoms with Gasteiger partial charge in [0.25, 0.3) is 0 Å². The molecule has 0 saturated carbocycles. The van der Waals surface area contributed by atoms with Crippen LogP contribution in [0.3, 0.4) is 0 Å². The van der Waals surface area contributed by atoms with Gasteiger partial charge in [0, 0.05) is 31.5 Å². The molecule has 116 valence electrons. The maximum absolute atomic E-state index is 12.0. The van der Waals surface area contributed by atoms with Gasteiger partial charge < -0.3 is 5.32 Å². The van der Waals surface area contributed by atoms with Gasteiger partial charge in [-0.1, -0.05) is 24.3 Å². The minimum atomic E-state index is 0.118. The molecule has 1 N–H and O–H groups in total. The Morgan fingerprint density at radius 2 is 2.32 bits per heavy atom. The van der Waals surface area contributed by atoms with Crippen LogP contribution in [-0.2, 0) is 24.7 Å². The van der Waals surface area contributed by atoms with Crippen molar-refractivity contribution >= 4 is 17.7 Å². The second-order valence-corrected chi connectivity index (χ2v) is 6.95. The first kappa shape index (κ1) is 15.2. The Balaban J connectivity index is 1.49. The van der Waals surface area contributed by atoms with E-state index in [0.717, 1.165) is 24.2 Å². The first-order valence-corrected chi connectivity index (χ1v) is 8.71. The van der Waals surface area contributed by atoms with Crippen molar-refractivity contribution in [3.63, 3.8) is 0 Å². The molecule has 3 rings (SSSR count). The largest absolute Gasteiger partial charge is 0.355 e. The van der Waals surface area contributed by atoms with E-state index >= 15 is 0 Å². The first-order chi connectivity index (χ1) is 10.7. The van der Waals surface area contributed by atoms with E-state index in [1.54, 1.807) is 4.68 Å². The van der Waals surface area contributed by atoms with Gasteiger partial charge >= 0.3 is 0 Å². The summed E-state index contributed by atoms with van der Waals surface area (Å²) in [4.78, 5) is 12.0. The summed E-state index contributed by atoms with van der Waals surface area (Å²) in [5.74, 6) is 1.25. The molecule has 1 aliphatic rings. The number of hydrogen-bond donors (Lipinski definition) is 1. The van der Waals surface area contributed by atoms with Gasteiger partial charge in [-0.25, -0.2) is 0 Å². The Morgan fingerprint density at radius 3 is 3.14 bits per heavy atom. The number of aromatic nitrogens is 2. The molecule has 0 saturated heterocycles. The van der Waals surface area contributed by atoms with E-state index in [4.69, 9.17) is 0 Å². The molecule has 1 atom stereocenters. The number of benzene rings is 1. The Kier molecular flexibility index (Phi) is 4.83. The lowest BCUT2D eigenvalue weighted by Crippen LogP contribution is -2.29. The van der Waals surface area contributed by atoms with Gasteiger partial charge in [-0.15, -0.1) is 0 Å². The zero-order valence-corrected chi connectivity index (χ0v) is 13.6. The van der Waals surface area contributed by atoms with Gasteiger partial charge in [0.2, 0.25) is 5.91 Å². The molecule has 1 unspecified atom stereocenters. The number of amides is 1. The molecule has 22 heavy (non-hydrogen) atoms. The molecular weight excluding hydrogens is 294 g/mol. The molecule has 0 radical (unpaired) electrons. The average molecular weight is 315 g/mol. The van der Waals surface area contributed by atoms with E-state index in [2.05, 4.69) is 34.7 Å². The minimum absolute atomic E-state index is 0.118. The van der Waals surface area contributed by atoms with Gasteiger partial charge in [0.15, 0.2) is 0 Å². The number of carbonyl (C=O) groups excluding carboxylic acids is 1. The van der Waals surface area contributed by atoms with Crippen LogP contribution < -0.4 is 5.32 Å². The lowest BCUT2D eigenvalue weighted by Gasteiger charge is -2.25. The van der Waals surface area contributed by atoms with E-state index in [1.165, 1.54) is 11.1 Å². The number of rotatable bonds is 5. The quantitative estimate of drug-likeness (QED) is 0.922. The third kappa shape index (κ3) is 3.71. The number of nitrogens with one attached hydrogen (secondary N) is 1. The zero-order valence-electron chi connectivity index (χ0n) is 12.8. The molecule has 0 bridgehead atoms. The van der Waals surface area contributed by atoms with Gasteiger partial charge in [-0.05, 0) is 35.3 Å². The van der Waals surface area contributed by atoms with Gasteiger partial charge in [0.1, 0.15) is 0 Å². The van der Waals surface area contributed by atoms with Crippen molar-refractivity contribution < 1.29 is 4.79 Å². The van der Waals surface area contributed by atoms with E-state index in [0.29, 0.717) is 18.2 Å². The van der Waals surface area contributed by atoms with Crippen LogP contribution in [0.1, 0.15) is 28.4 Å². The summed E-state index contributed by atoms with van der Waals surface area (Å²) in [6, 6.07) is 8.57. The number of thioether (sulfide) groups is 1. The second-order valence-electron chi connectivity index (χ2n) is 5.63. The maximum atomic E-state index is 12.0. The Labute approximate surface area is 135 Å². The molecule has 4 nitrogen and oxygen atoms in total. The van der Waals surface area contributed by atoms with Crippen LogP contribution in [0.2, 0.25) is 0 Å². The van der Waals surface area contributed by atoms with Crippen molar-refractivity contribution in [2.75, 3.05) is 12.3 Å². The Hall–Kier alpha value is -1.75. The minimum Gasteiger partial charge on any atom is -0.355 e. The predicted molar refractivity (Wildman–Crippen MR) is 89.9 cm³/mol. The molecule has 1 aromatic heterocycles. The first-order valence-electron chi connectivity index (χ1n) is 7.66. The molecule has 0 spiro atoms. The molecule has 1 amide bonds.